The minimum Gasteiger partial charge on any atom is -0.384 e. The van der Waals surface area contributed by atoms with Gasteiger partial charge in [-0.15, -0.1) is 0 Å². The number of nitrogens with zero attached hydrogens (tertiary/aromatic N) is 2. The van der Waals surface area contributed by atoms with Crippen LogP contribution in [0.25, 0.3) is 0 Å². The van der Waals surface area contributed by atoms with Crippen LogP contribution < -0.4 is 10.2 Å². The summed E-state index contributed by atoms with van der Waals surface area (Å²) in [7, 11) is 0. The maximum atomic E-state index is 4.34. The van der Waals surface area contributed by atoms with E-state index in [-0.39, 0.29) is 5.54 Å². The Bertz CT molecular complexity index is 373. The summed E-state index contributed by atoms with van der Waals surface area (Å²) in [5.41, 5.74) is 2.64. The van der Waals surface area contributed by atoms with Crippen LogP contribution in [-0.2, 0) is 0 Å². The number of hydrogen-bond donors (Lipinski definition) is 1. The Kier molecular flexibility index (Phi) is 3.55. The third kappa shape index (κ3) is 2.71. The van der Waals surface area contributed by atoms with Crippen molar-refractivity contribution in [3.63, 3.8) is 0 Å². The molecule has 2 rings (SSSR count). The van der Waals surface area contributed by atoms with Gasteiger partial charge in [-0.1, -0.05) is 6.92 Å². The molecule has 0 bridgehead atoms. The second-order valence-corrected chi connectivity index (χ2v) is 5.43. The maximum Gasteiger partial charge on any atom is 0.0577 e. The van der Waals surface area contributed by atoms with E-state index in [2.05, 4.69) is 42.0 Å². The highest BCUT2D eigenvalue weighted by atomic mass is 15.2. The molecular weight excluding hydrogens is 210 g/mol. The van der Waals surface area contributed by atoms with Crippen LogP contribution in [0.1, 0.15) is 40.0 Å². The Morgan fingerprint density at radius 1 is 1.41 bits per heavy atom. The summed E-state index contributed by atoms with van der Waals surface area (Å²) in [6.07, 6.45) is 7.56. The van der Waals surface area contributed by atoms with Crippen molar-refractivity contribution in [3.05, 3.63) is 18.5 Å². The number of hydrogen-bond acceptors (Lipinski definition) is 3. The molecule has 0 radical (unpaired) electrons. The maximum absolute atomic E-state index is 4.34. The highest BCUT2D eigenvalue weighted by Crippen LogP contribution is 2.33. The fourth-order valence-electron chi connectivity index (χ4n) is 2.53. The first kappa shape index (κ1) is 12.2. The van der Waals surface area contributed by atoms with Gasteiger partial charge in [-0.2, -0.15) is 0 Å². The molecule has 3 nitrogen and oxygen atoms in total. The number of aromatic nitrogens is 1. The molecule has 1 aromatic rings. The standard InChI is InChI=1S/C14H23N3/c1-4-7-16-12-9-13(11-15-10-12)17-8-5-6-14(17,2)3/h9-11,16H,4-8H2,1-3H3. The van der Waals surface area contributed by atoms with Crippen LogP contribution in [0.4, 0.5) is 11.4 Å². The summed E-state index contributed by atoms with van der Waals surface area (Å²) in [6, 6.07) is 2.22. The molecular formula is C14H23N3. The molecule has 1 fully saturated rings. The van der Waals surface area contributed by atoms with E-state index in [9.17, 15) is 0 Å². The Labute approximate surface area is 104 Å². The van der Waals surface area contributed by atoms with E-state index in [4.69, 9.17) is 0 Å². The molecule has 17 heavy (non-hydrogen) atoms. The van der Waals surface area contributed by atoms with Crippen molar-refractivity contribution in [3.8, 4) is 0 Å². The van der Waals surface area contributed by atoms with E-state index in [1.54, 1.807) is 0 Å². The Morgan fingerprint density at radius 2 is 2.24 bits per heavy atom. The molecule has 94 valence electrons. The molecule has 1 aliphatic rings. The van der Waals surface area contributed by atoms with Gasteiger partial charge >= 0.3 is 0 Å². The van der Waals surface area contributed by atoms with Gasteiger partial charge in [-0.05, 0) is 39.2 Å². The molecule has 0 saturated carbocycles. The lowest BCUT2D eigenvalue weighted by atomic mass is 10.0. The van der Waals surface area contributed by atoms with Crippen molar-refractivity contribution in [2.45, 2.75) is 45.6 Å². The fourth-order valence-corrected chi connectivity index (χ4v) is 2.53. The van der Waals surface area contributed by atoms with Crippen molar-refractivity contribution in [2.24, 2.45) is 0 Å². The molecule has 0 amide bonds. The monoisotopic (exact) mass is 233 g/mol. The molecule has 0 unspecified atom stereocenters. The van der Waals surface area contributed by atoms with Gasteiger partial charge < -0.3 is 10.2 Å². The largest absolute Gasteiger partial charge is 0.384 e. The fraction of sp³-hybridized carbons (Fsp3) is 0.643. The molecule has 1 saturated heterocycles. The summed E-state index contributed by atoms with van der Waals surface area (Å²) in [6.45, 7) is 8.95. The molecule has 0 aliphatic carbocycles. The molecule has 0 aromatic carbocycles. The van der Waals surface area contributed by atoms with Gasteiger partial charge in [0.25, 0.3) is 0 Å². The molecule has 1 aliphatic heterocycles. The molecule has 0 spiro atoms. The van der Waals surface area contributed by atoms with Crippen LogP contribution in [-0.4, -0.2) is 23.6 Å². The van der Waals surface area contributed by atoms with E-state index in [1.807, 2.05) is 12.4 Å². The van der Waals surface area contributed by atoms with E-state index in [0.29, 0.717) is 0 Å². The summed E-state index contributed by atoms with van der Waals surface area (Å²) in [4.78, 5) is 6.81. The number of anilines is 2. The first-order chi connectivity index (χ1) is 8.13. The third-order valence-electron chi connectivity index (χ3n) is 3.52. The zero-order valence-electron chi connectivity index (χ0n) is 11.2. The first-order valence-electron chi connectivity index (χ1n) is 6.60. The van der Waals surface area contributed by atoms with E-state index >= 15 is 0 Å². The quantitative estimate of drug-likeness (QED) is 0.865. The van der Waals surface area contributed by atoms with E-state index in [0.717, 1.165) is 25.2 Å². The molecule has 1 N–H and O–H groups in total. The minimum atomic E-state index is 0.269. The lowest BCUT2D eigenvalue weighted by Gasteiger charge is -2.33. The van der Waals surface area contributed by atoms with Gasteiger partial charge in [0.15, 0.2) is 0 Å². The van der Waals surface area contributed by atoms with Gasteiger partial charge in [0.1, 0.15) is 0 Å². The summed E-state index contributed by atoms with van der Waals surface area (Å²) >= 11 is 0. The van der Waals surface area contributed by atoms with Gasteiger partial charge in [0.2, 0.25) is 0 Å². The van der Waals surface area contributed by atoms with Gasteiger partial charge in [0.05, 0.1) is 23.8 Å². The number of nitrogens with one attached hydrogen (secondary N) is 1. The minimum absolute atomic E-state index is 0.269. The number of rotatable bonds is 4. The highest BCUT2D eigenvalue weighted by molar-refractivity contribution is 5.57. The smallest absolute Gasteiger partial charge is 0.0577 e. The zero-order chi connectivity index (χ0) is 12.3. The van der Waals surface area contributed by atoms with Crippen LogP contribution in [0, 0.1) is 0 Å². The zero-order valence-corrected chi connectivity index (χ0v) is 11.2. The van der Waals surface area contributed by atoms with Gasteiger partial charge in [-0.25, -0.2) is 0 Å². The average Bonchev–Trinajstić information content (AvgIpc) is 2.67. The van der Waals surface area contributed by atoms with Crippen LogP contribution in [0.15, 0.2) is 18.5 Å². The lowest BCUT2D eigenvalue weighted by Crippen LogP contribution is -2.38. The lowest BCUT2D eigenvalue weighted by molar-refractivity contribution is 0.517. The molecule has 3 heteroatoms. The second kappa shape index (κ2) is 4.94. The normalized spacial score (nSPS) is 18.4. The molecule has 0 atom stereocenters. The third-order valence-corrected chi connectivity index (χ3v) is 3.52. The molecule has 2 heterocycles. The van der Waals surface area contributed by atoms with Gasteiger partial charge in [0, 0.05) is 18.6 Å². The van der Waals surface area contributed by atoms with Crippen molar-refractivity contribution in [2.75, 3.05) is 23.3 Å². The Morgan fingerprint density at radius 3 is 2.88 bits per heavy atom. The predicted octanol–water partition coefficient (Wildman–Crippen LogP) is 3.28. The highest BCUT2D eigenvalue weighted by Gasteiger charge is 2.32. The van der Waals surface area contributed by atoms with Crippen LogP contribution in [0.3, 0.4) is 0 Å². The number of pyridine rings is 1. The van der Waals surface area contributed by atoms with Crippen molar-refractivity contribution in [1.82, 2.24) is 4.98 Å². The van der Waals surface area contributed by atoms with Crippen LogP contribution in [0.5, 0.6) is 0 Å². The predicted molar refractivity (Wildman–Crippen MR) is 73.7 cm³/mol. The Hall–Kier alpha value is -1.25. The van der Waals surface area contributed by atoms with E-state index < -0.39 is 0 Å². The topological polar surface area (TPSA) is 28.2 Å². The first-order valence-corrected chi connectivity index (χ1v) is 6.60. The Balaban J connectivity index is 2.15. The summed E-state index contributed by atoms with van der Waals surface area (Å²) in [5, 5.41) is 3.40. The van der Waals surface area contributed by atoms with E-state index in [1.165, 1.54) is 18.5 Å². The van der Waals surface area contributed by atoms with Gasteiger partial charge in [-0.3, -0.25) is 4.98 Å². The summed E-state index contributed by atoms with van der Waals surface area (Å²) in [5.74, 6) is 0. The van der Waals surface area contributed by atoms with Crippen molar-refractivity contribution >= 4 is 11.4 Å². The van der Waals surface area contributed by atoms with Crippen LogP contribution in [0.2, 0.25) is 0 Å². The molecule has 1 aromatic heterocycles. The average molecular weight is 233 g/mol. The second-order valence-electron chi connectivity index (χ2n) is 5.43. The summed E-state index contributed by atoms with van der Waals surface area (Å²) < 4.78 is 0. The van der Waals surface area contributed by atoms with Crippen molar-refractivity contribution in [1.29, 1.82) is 0 Å². The van der Waals surface area contributed by atoms with Crippen molar-refractivity contribution < 1.29 is 0 Å². The van der Waals surface area contributed by atoms with Crippen LogP contribution >= 0.6 is 0 Å². The SMILES string of the molecule is CCCNc1cncc(N2CCCC2(C)C)c1.